The number of hydrogen-bond donors (Lipinski definition) is 0. The van der Waals surface area contributed by atoms with E-state index in [1.165, 1.54) is 12.1 Å². The molecule has 0 saturated carbocycles. The Kier molecular flexibility index (Phi) is 5.61. The summed E-state index contributed by atoms with van der Waals surface area (Å²) in [6, 6.07) is 13.9. The fourth-order valence-corrected chi connectivity index (χ4v) is 5.38. The number of carbonyl (C=O) groups excluding carboxylic acids is 2. The second-order valence-corrected chi connectivity index (χ2v) is 10.1. The van der Waals surface area contributed by atoms with Crippen LogP contribution in [0.5, 0.6) is 0 Å². The molecule has 0 spiro atoms. The highest BCUT2D eigenvalue weighted by Crippen LogP contribution is 2.24. The first-order valence-electron chi connectivity index (χ1n) is 8.35. The molecule has 2 aromatic heterocycles. The number of benzene rings is 2. The van der Waals surface area contributed by atoms with Crippen molar-refractivity contribution in [2.75, 3.05) is 0 Å². The number of Topliss-reactive ketones (excluding diaryl/α,β-unsaturated/α-hetero) is 2. The number of rotatable bonds is 4. The molecule has 0 bridgehead atoms. The van der Waals surface area contributed by atoms with E-state index in [1.807, 2.05) is 24.3 Å². The highest BCUT2D eigenvalue weighted by atomic mass is 79.9. The lowest BCUT2D eigenvalue weighted by molar-refractivity contribution is 0.0893. The first-order valence-corrected chi connectivity index (χ1v) is 11.6. The summed E-state index contributed by atoms with van der Waals surface area (Å²) >= 11 is 8.66. The van der Waals surface area contributed by atoms with Crippen LogP contribution in [0.25, 0.3) is 20.2 Å². The van der Waals surface area contributed by atoms with Crippen molar-refractivity contribution in [2.24, 2.45) is 0 Å². The van der Waals surface area contributed by atoms with Gasteiger partial charge in [-0.05, 0) is 59.3 Å². The first kappa shape index (κ1) is 20.3. The minimum Gasteiger partial charge on any atom is -0.293 e. The van der Waals surface area contributed by atoms with Crippen molar-refractivity contribution in [3.05, 3.63) is 87.7 Å². The zero-order valence-corrected chi connectivity index (χ0v) is 19.3. The molecule has 0 saturated heterocycles. The SMILES string of the molecule is O=C(CC(=O)c1cc2cc(Br)ccc2sc1=O)c1cc2cc(Br)ccc2sc1=O. The van der Waals surface area contributed by atoms with Crippen molar-refractivity contribution in [1.29, 1.82) is 0 Å². The molecule has 0 radical (unpaired) electrons. The molecule has 8 heteroatoms. The van der Waals surface area contributed by atoms with Crippen molar-refractivity contribution < 1.29 is 9.59 Å². The van der Waals surface area contributed by atoms with Gasteiger partial charge in [-0.1, -0.05) is 54.5 Å². The smallest absolute Gasteiger partial charge is 0.243 e. The Hall–Kier alpha value is -2.00. The van der Waals surface area contributed by atoms with E-state index in [-0.39, 0.29) is 11.1 Å². The molecule has 2 aromatic carbocycles. The number of fused-ring (bicyclic) bond motifs is 2. The van der Waals surface area contributed by atoms with Gasteiger partial charge in [-0.3, -0.25) is 19.2 Å². The quantitative estimate of drug-likeness (QED) is 0.238. The van der Waals surface area contributed by atoms with Crippen molar-refractivity contribution in [2.45, 2.75) is 6.42 Å². The van der Waals surface area contributed by atoms with Crippen molar-refractivity contribution >= 4 is 86.3 Å². The van der Waals surface area contributed by atoms with Gasteiger partial charge in [0.15, 0.2) is 11.6 Å². The van der Waals surface area contributed by atoms with Gasteiger partial charge in [-0.25, -0.2) is 0 Å². The molecule has 0 aliphatic rings. The summed E-state index contributed by atoms with van der Waals surface area (Å²) in [5.74, 6) is -1.17. The molecule has 144 valence electrons. The van der Waals surface area contributed by atoms with Crippen LogP contribution >= 0.6 is 54.5 Å². The summed E-state index contributed by atoms with van der Waals surface area (Å²) < 4.78 is 2.36. The zero-order valence-electron chi connectivity index (χ0n) is 14.5. The van der Waals surface area contributed by atoms with Gasteiger partial charge in [0.05, 0.1) is 17.5 Å². The predicted octanol–water partition coefficient (Wildman–Crippen LogP) is 5.82. The lowest BCUT2D eigenvalue weighted by Crippen LogP contribution is -2.19. The summed E-state index contributed by atoms with van der Waals surface area (Å²) in [7, 11) is 0. The normalized spacial score (nSPS) is 11.1. The topological polar surface area (TPSA) is 68.3 Å². The third-order valence-electron chi connectivity index (χ3n) is 4.31. The second-order valence-electron chi connectivity index (χ2n) is 6.28. The van der Waals surface area contributed by atoms with Gasteiger partial charge in [0.2, 0.25) is 9.48 Å². The van der Waals surface area contributed by atoms with Gasteiger partial charge in [0.1, 0.15) is 0 Å². The van der Waals surface area contributed by atoms with E-state index in [0.717, 1.165) is 51.8 Å². The maximum absolute atomic E-state index is 12.7. The van der Waals surface area contributed by atoms with E-state index >= 15 is 0 Å². The van der Waals surface area contributed by atoms with Gasteiger partial charge in [-0.2, -0.15) is 0 Å². The Morgan fingerprint density at radius 1 is 0.690 bits per heavy atom. The fraction of sp³-hybridized carbons (Fsp3) is 0.0476. The Balaban J connectivity index is 1.69. The van der Waals surface area contributed by atoms with Crippen LogP contribution in [0.3, 0.4) is 0 Å². The molecule has 0 N–H and O–H groups in total. The number of carbonyl (C=O) groups is 2. The van der Waals surface area contributed by atoms with Crippen LogP contribution < -0.4 is 9.48 Å². The molecule has 0 aliphatic carbocycles. The largest absolute Gasteiger partial charge is 0.293 e. The Labute approximate surface area is 189 Å². The van der Waals surface area contributed by atoms with Gasteiger partial charge in [0.25, 0.3) is 0 Å². The van der Waals surface area contributed by atoms with E-state index < -0.39 is 27.5 Å². The molecule has 0 unspecified atom stereocenters. The van der Waals surface area contributed by atoms with Crippen molar-refractivity contribution in [3.8, 4) is 0 Å². The third kappa shape index (κ3) is 4.16. The number of ketones is 2. The molecule has 4 nitrogen and oxygen atoms in total. The van der Waals surface area contributed by atoms with Crippen LogP contribution in [0.15, 0.2) is 67.1 Å². The first-order chi connectivity index (χ1) is 13.8. The van der Waals surface area contributed by atoms with Gasteiger partial charge < -0.3 is 0 Å². The molecule has 0 aliphatic heterocycles. The Morgan fingerprint density at radius 2 is 1.10 bits per heavy atom. The fourth-order valence-electron chi connectivity index (χ4n) is 2.91. The van der Waals surface area contributed by atoms with Gasteiger partial charge in [-0.15, -0.1) is 0 Å². The van der Waals surface area contributed by atoms with E-state index in [4.69, 9.17) is 0 Å². The summed E-state index contributed by atoms with van der Waals surface area (Å²) in [5, 5.41) is 1.48. The van der Waals surface area contributed by atoms with Gasteiger partial charge in [0, 0.05) is 18.3 Å². The van der Waals surface area contributed by atoms with Crippen molar-refractivity contribution in [1.82, 2.24) is 0 Å². The maximum atomic E-state index is 12.7. The van der Waals surface area contributed by atoms with Crippen LogP contribution in [0.1, 0.15) is 27.1 Å². The Bertz CT molecular complexity index is 1330. The van der Waals surface area contributed by atoms with Crippen LogP contribution in [0.4, 0.5) is 0 Å². The number of hydrogen-bond acceptors (Lipinski definition) is 6. The van der Waals surface area contributed by atoms with E-state index in [1.54, 1.807) is 12.1 Å². The molecule has 4 aromatic rings. The number of halogens is 2. The average molecular weight is 550 g/mol. The zero-order chi connectivity index (χ0) is 20.7. The molecule has 2 heterocycles. The molecule has 0 atom stereocenters. The Morgan fingerprint density at radius 3 is 1.52 bits per heavy atom. The molecule has 0 fully saturated rings. The standard InChI is InChI=1S/C21H10Br2O4S2/c22-12-1-3-18-10(5-12)7-14(20(26)28-18)16(24)9-17(25)15-8-11-6-13(23)2-4-19(11)29-21(15)27/h1-8H,9H2. The second kappa shape index (κ2) is 8.02. The monoisotopic (exact) mass is 548 g/mol. The van der Waals surface area contributed by atoms with Crippen LogP contribution in [0, 0.1) is 0 Å². The van der Waals surface area contributed by atoms with Crippen molar-refractivity contribution in [3.63, 3.8) is 0 Å². The lowest BCUT2D eigenvalue weighted by Gasteiger charge is -2.04. The molecule has 29 heavy (non-hydrogen) atoms. The van der Waals surface area contributed by atoms with Crippen LogP contribution in [0.2, 0.25) is 0 Å². The minimum atomic E-state index is -0.586. The minimum absolute atomic E-state index is 0.0337. The lowest BCUT2D eigenvalue weighted by atomic mass is 10.0. The molecule has 0 amide bonds. The predicted molar refractivity (Wildman–Crippen MR) is 125 cm³/mol. The highest BCUT2D eigenvalue weighted by molar-refractivity contribution is 9.10. The van der Waals surface area contributed by atoms with Gasteiger partial charge >= 0.3 is 0 Å². The van der Waals surface area contributed by atoms with E-state index in [2.05, 4.69) is 31.9 Å². The summed E-state index contributed by atoms with van der Waals surface area (Å²) in [4.78, 5) is 50.1. The highest BCUT2D eigenvalue weighted by Gasteiger charge is 2.20. The van der Waals surface area contributed by atoms with E-state index in [9.17, 15) is 19.2 Å². The summed E-state index contributed by atoms with van der Waals surface area (Å²) in [5.41, 5.74) is -0.0674. The van der Waals surface area contributed by atoms with Crippen LogP contribution in [-0.4, -0.2) is 11.6 Å². The maximum Gasteiger partial charge on any atom is 0.243 e. The van der Waals surface area contributed by atoms with E-state index in [0.29, 0.717) is 0 Å². The molecular weight excluding hydrogens is 540 g/mol. The van der Waals surface area contributed by atoms with Crippen LogP contribution in [-0.2, 0) is 0 Å². The molecular formula is C21H10Br2O4S2. The third-order valence-corrected chi connectivity index (χ3v) is 7.29. The summed E-state index contributed by atoms with van der Waals surface area (Å²) in [6.07, 6.45) is -0.525. The summed E-state index contributed by atoms with van der Waals surface area (Å²) in [6.45, 7) is 0. The average Bonchev–Trinajstić information content (AvgIpc) is 2.67. The molecule has 4 rings (SSSR count).